The predicted molar refractivity (Wildman–Crippen MR) is 84.9 cm³/mol. The maximum atomic E-state index is 10.4. The quantitative estimate of drug-likeness (QED) is 0.917. The minimum atomic E-state index is -0.432. The number of rotatable bonds is 5. The van der Waals surface area contributed by atoms with Crippen LogP contribution in [0.4, 0.5) is 0 Å². The van der Waals surface area contributed by atoms with Crippen molar-refractivity contribution in [3.05, 3.63) is 39.4 Å². The summed E-state index contributed by atoms with van der Waals surface area (Å²) in [7, 11) is 0. The Hall–Kier alpha value is -1.21. The monoisotopic (exact) mass is 322 g/mol. The molecule has 2 aromatic heterocycles. The van der Waals surface area contributed by atoms with Crippen molar-refractivity contribution in [1.82, 2.24) is 10.1 Å². The number of morpholine rings is 1. The van der Waals surface area contributed by atoms with Gasteiger partial charge in [0.25, 0.3) is 0 Å². The van der Waals surface area contributed by atoms with Gasteiger partial charge >= 0.3 is 0 Å². The number of hydrogen-bond acceptors (Lipinski definition) is 6. The molecule has 22 heavy (non-hydrogen) atoms. The minimum Gasteiger partial charge on any atom is -0.388 e. The molecule has 0 saturated carbocycles. The van der Waals surface area contributed by atoms with Gasteiger partial charge in [-0.15, -0.1) is 11.3 Å². The van der Waals surface area contributed by atoms with Gasteiger partial charge in [-0.25, -0.2) is 0 Å². The van der Waals surface area contributed by atoms with E-state index in [9.17, 15) is 5.11 Å². The Morgan fingerprint density at radius 1 is 1.50 bits per heavy atom. The third-order valence-corrected chi connectivity index (χ3v) is 5.23. The standard InChI is InChI=1S/C16H22N2O3S/c1-11-14(12(2)21-17-11)9-18-5-6-20-10-13(18)8-15(19)16-4-3-7-22-16/h3-4,7,13,15,19H,5-6,8-10H2,1-2H3. The van der Waals surface area contributed by atoms with E-state index in [1.165, 1.54) is 0 Å². The van der Waals surface area contributed by atoms with Gasteiger partial charge in [-0.05, 0) is 31.7 Å². The predicted octanol–water partition coefficient (Wildman–Crippen LogP) is 2.68. The maximum absolute atomic E-state index is 10.4. The van der Waals surface area contributed by atoms with Crippen LogP contribution < -0.4 is 0 Å². The second kappa shape index (κ2) is 6.91. The van der Waals surface area contributed by atoms with Gasteiger partial charge in [0.05, 0.1) is 25.0 Å². The van der Waals surface area contributed by atoms with Gasteiger partial charge in [-0.2, -0.15) is 0 Å². The van der Waals surface area contributed by atoms with Crippen LogP contribution in [0.5, 0.6) is 0 Å². The highest BCUT2D eigenvalue weighted by Gasteiger charge is 2.27. The summed E-state index contributed by atoms with van der Waals surface area (Å²) in [6.07, 6.45) is 0.253. The molecular weight excluding hydrogens is 300 g/mol. The fourth-order valence-corrected chi connectivity index (χ4v) is 3.62. The fraction of sp³-hybridized carbons (Fsp3) is 0.562. The van der Waals surface area contributed by atoms with Gasteiger partial charge in [0.1, 0.15) is 5.76 Å². The van der Waals surface area contributed by atoms with E-state index < -0.39 is 6.10 Å². The lowest BCUT2D eigenvalue weighted by Crippen LogP contribution is -2.45. The molecule has 6 heteroatoms. The van der Waals surface area contributed by atoms with Gasteiger partial charge in [0.2, 0.25) is 0 Å². The third kappa shape index (κ3) is 3.41. The Morgan fingerprint density at radius 2 is 2.36 bits per heavy atom. The van der Waals surface area contributed by atoms with E-state index in [-0.39, 0.29) is 6.04 Å². The van der Waals surface area contributed by atoms with E-state index in [4.69, 9.17) is 9.26 Å². The second-order valence-corrected chi connectivity index (χ2v) is 6.75. The smallest absolute Gasteiger partial charge is 0.138 e. The molecule has 120 valence electrons. The number of aryl methyl sites for hydroxylation is 2. The molecule has 2 atom stereocenters. The van der Waals surface area contributed by atoms with Crippen molar-refractivity contribution in [3.63, 3.8) is 0 Å². The molecule has 3 heterocycles. The lowest BCUT2D eigenvalue weighted by atomic mass is 10.0. The van der Waals surface area contributed by atoms with Gasteiger partial charge < -0.3 is 14.4 Å². The first-order valence-corrected chi connectivity index (χ1v) is 8.48. The van der Waals surface area contributed by atoms with Crippen molar-refractivity contribution in [2.45, 2.75) is 39.0 Å². The van der Waals surface area contributed by atoms with Crippen molar-refractivity contribution >= 4 is 11.3 Å². The van der Waals surface area contributed by atoms with Crippen molar-refractivity contribution in [2.24, 2.45) is 0 Å². The zero-order valence-corrected chi connectivity index (χ0v) is 13.8. The molecule has 1 fully saturated rings. The minimum absolute atomic E-state index is 0.208. The summed E-state index contributed by atoms with van der Waals surface area (Å²) in [5.41, 5.74) is 2.10. The summed E-state index contributed by atoms with van der Waals surface area (Å²) in [6, 6.07) is 4.17. The Morgan fingerprint density at radius 3 is 3.05 bits per heavy atom. The first kappa shape index (κ1) is 15.7. The first-order chi connectivity index (χ1) is 10.6. The fourth-order valence-electron chi connectivity index (χ4n) is 2.90. The zero-order chi connectivity index (χ0) is 15.5. The molecule has 1 aliphatic rings. The molecule has 0 radical (unpaired) electrons. The molecule has 0 aliphatic carbocycles. The van der Waals surface area contributed by atoms with Crippen LogP contribution in [0.1, 0.15) is 34.4 Å². The number of aliphatic hydroxyl groups is 1. The zero-order valence-electron chi connectivity index (χ0n) is 13.0. The van der Waals surface area contributed by atoms with Crippen molar-refractivity contribution in [1.29, 1.82) is 0 Å². The van der Waals surface area contributed by atoms with Crippen LogP contribution in [-0.2, 0) is 11.3 Å². The third-order valence-electron chi connectivity index (χ3n) is 4.26. The van der Waals surface area contributed by atoms with Gasteiger partial charge in [0, 0.05) is 29.6 Å². The molecule has 1 aliphatic heterocycles. The average Bonchev–Trinajstić information content (AvgIpc) is 3.14. The van der Waals surface area contributed by atoms with E-state index in [0.29, 0.717) is 13.0 Å². The molecule has 1 saturated heterocycles. The van der Waals surface area contributed by atoms with Crippen LogP contribution in [0.25, 0.3) is 0 Å². The number of ether oxygens (including phenoxy) is 1. The Kier molecular flexibility index (Phi) is 4.93. The summed E-state index contributed by atoms with van der Waals surface area (Å²) in [6.45, 7) is 6.98. The number of aliphatic hydroxyl groups excluding tert-OH is 1. The van der Waals surface area contributed by atoms with Gasteiger partial charge in [-0.1, -0.05) is 11.2 Å². The highest BCUT2D eigenvalue weighted by molar-refractivity contribution is 7.10. The highest BCUT2D eigenvalue weighted by Crippen LogP contribution is 2.27. The molecule has 3 rings (SSSR count). The lowest BCUT2D eigenvalue weighted by molar-refractivity contribution is -0.0298. The van der Waals surface area contributed by atoms with Crippen molar-refractivity contribution < 1.29 is 14.4 Å². The van der Waals surface area contributed by atoms with E-state index in [0.717, 1.165) is 41.6 Å². The summed E-state index contributed by atoms with van der Waals surface area (Å²) in [5.74, 6) is 0.876. The summed E-state index contributed by atoms with van der Waals surface area (Å²) < 4.78 is 10.9. The van der Waals surface area contributed by atoms with Crippen LogP contribution in [0, 0.1) is 13.8 Å². The molecule has 0 spiro atoms. The molecule has 0 aromatic carbocycles. The number of hydrogen-bond donors (Lipinski definition) is 1. The molecular formula is C16H22N2O3S. The number of thiophene rings is 1. The van der Waals surface area contributed by atoms with E-state index in [1.54, 1.807) is 11.3 Å². The molecule has 2 aromatic rings. The molecule has 0 amide bonds. The maximum Gasteiger partial charge on any atom is 0.138 e. The van der Waals surface area contributed by atoms with Crippen LogP contribution >= 0.6 is 11.3 Å². The molecule has 5 nitrogen and oxygen atoms in total. The first-order valence-electron chi connectivity index (χ1n) is 7.60. The molecule has 1 N–H and O–H groups in total. The van der Waals surface area contributed by atoms with Gasteiger partial charge in [-0.3, -0.25) is 4.90 Å². The molecule has 0 bridgehead atoms. The SMILES string of the molecule is Cc1noc(C)c1CN1CCOCC1CC(O)c1cccs1. The highest BCUT2D eigenvalue weighted by atomic mass is 32.1. The van der Waals surface area contributed by atoms with Crippen molar-refractivity contribution in [2.75, 3.05) is 19.8 Å². The Labute approximate surface area is 134 Å². The van der Waals surface area contributed by atoms with Crippen LogP contribution in [-0.4, -0.2) is 41.0 Å². The van der Waals surface area contributed by atoms with Crippen molar-refractivity contribution in [3.8, 4) is 0 Å². The lowest BCUT2D eigenvalue weighted by Gasteiger charge is -2.36. The topological polar surface area (TPSA) is 58.7 Å². The van der Waals surface area contributed by atoms with Crippen LogP contribution in [0.15, 0.2) is 22.0 Å². The summed E-state index contributed by atoms with van der Waals surface area (Å²) >= 11 is 1.60. The normalized spacial score (nSPS) is 21.1. The Bertz CT molecular complexity index is 577. The second-order valence-electron chi connectivity index (χ2n) is 5.77. The van der Waals surface area contributed by atoms with E-state index >= 15 is 0 Å². The van der Waals surface area contributed by atoms with Crippen LogP contribution in [0.3, 0.4) is 0 Å². The van der Waals surface area contributed by atoms with Crippen LogP contribution in [0.2, 0.25) is 0 Å². The van der Waals surface area contributed by atoms with E-state index in [1.807, 2.05) is 31.4 Å². The Balaban J connectivity index is 1.68. The summed E-state index contributed by atoms with van der Waals surface area (Å²) in [4.78, 5) is 3.38. The number of aromatic nitrogens is 1. The summed E-state index contributed by atoms with van der Waals surface area (Å²) in [5, 5.41) is 16.4. The molecule has 2 unspecified atom stereocenters. The van der Waals surface area contributed by atoms with Gasteiger partial charge in [0.15, 0.2) is 0 Å². The average molecular weight is 322 g/mol. The number of nitrogens with zero attached hydrogens (tertiary/aromatic N) is 2. The van der Waals surface area contributed by atoms with E-state index in [2.05, 4.69) is 10.1 Å². The largest absolute Gasteiger partial charge is 0.388 e.